The molecule has 1 aliphatic rings. The van der Waals surface area contributed by atoms with Crippen LogP contribution in [0.15, 0.2) is 39.9 Å². The molecular formula is C22H31N3O5S2. The van der Waals surface area contributed by atoms with Crippen LogP contribution in [-0.2, 0) is 10.0 Å². The summed E-state index contributed by atoms with van der Waals surface area (Å²) in [6, 6.07) is 8.30. The summed E-state index contributed by atoms with van der Waals surface area (Å²) in [5.41, 5.74) is 1.25. The molecule has 0 aliphatic carbocycles. The van der Waals surface area contributed by atoms with Crippen molar-refractivity contribution in [2.24, 2.45) is 5.92 Å². The average molecular weight is 482 g/mol. The Morgan fingerprint density at radius 3 is 2.59 bits per heavy atom. The van der Waals surface area contributed by atoms with Crippen LogP contribution in [0.1, 0.15) is 24.2 Å². The Labute approximate surface area is 194 Å². The number of amides is 1. The lowest BCUT2D eigenvalue weighted by atomic mass is 9.99. The van der Waals surface area contributed by atoms with Gasteiger partial charge in [-0.25, -0.2) is 8.42 Å². The Morgan fingerprint density at radius 1 is 1.28 bits per heavy atom. The van der Waals surface area contributed by atoms with E-state index in [2.05, 4.69) is 0 Å². The van der Waals surface area contributed by atoms with Crippen LogP contribution in [0.3, 0.4) is 0 Å². The monoisotopic (exact) mass is 481 g/mol. The number of benzene rings is 1. The molecule has 32 heavy (non-hydrogen) atoms. The summed E-state index contributed by atoms with van der Waals surface area (Å²) >= 11 is 1.17. The summed E-state index contributed by atoms with van der Waals surface area (Å²) in [4.78, 5) is 16.9. The number of nitrogens with zero attached hydrogens (tertiary/aromatic N) is 3. The van der Waals surface area contributed by atoms with Crippen molar-refractivity contribution in [2.75, 3.05) is 45.7 Å². The quantitative estimate of drug-likeness (QED) is 0.653. The van der Waals surface area contributed by atoms with Gasteiger partial charge in [0.1, 0.15) is 16.1 Å². The number of carbonyl (C=O) groups is 1. The summed E-state index contributed by atoms with van der Waals surface area (Å²) in [5, 5.41) is 11.5. The number of anilines is 1. The van der Waals surface area contributed by atoms with Crippen LogP contribution < -0.4 is 9.64 Å². The van der Waals surface area contributed by atoms with E-state index < -0.39 is 16.1 Å². The lowest BCUT2D eigenvalue weighted by Crippen LogP contribution is -2.50. The Morgan fingerprint density at radius 2 is 2.00 bits per heavy atom. The van der Waals surface area contributed by atoms with Crippen molar-refractivity contribution >= 4 is 33.0 Å². The van der Waals surface area contributed by atoms with E-state index in [4.69, 9.17) is 4.74 Å². The van der Waals surface area contributed by atoms with Gasteiger partial charge in [0, 0.05) is 39.3 Å². The average Bonchev–Trinajstić information content (AvgIpc) is 3.31. The molecule has 1 amide bonds. The Balaban J connectivity index is 1.98. The molecule has 0 bridgehead atoms. The van der Waals surface area contributed by atoms with Crippen molar-refractivity contribution in [3.63, 3.8) is 0 Å². The first-order chi connectivity index (χ1) is 15.1. The van der Waals surface area contributed by atoms with Crippen molar-refractivity contribution in [3.05, 3.63) is 41.3 Å². The summed E-state index contributed by atoms with van der Waals surface area (Å²) < 4.78 is 33.7. The summed E-state index contributed by atoms with van der Waals surface area (Å²) in [6.45, 7) is 4.03. The molecule has 0 fully saturated rings. The van der Waals surface area contributed by atoms with Gasteiger partial charge in [-0.15, -0.1) is 11.3 Å². The predicted molar refractivity (Wildman–Crippen MR) is 126 cm³/mol. The molecule has 3 rings (SSSR count). The van der Waals surface area contributed by atoms with E-state index in [-0.39, 0.29) is 35.2 Å². The van der Waals surface area contributed by atoms with Gasteiger partial charge in [-0.1, -0.05) is 13.0 Å². The first kappa shape index (κ1) is 24.5. The number of aliphatic hydroxyl groups is 1. The number of carbonyl (C=O) groups excluding carboxylic acids is 1. The van der Waals surface area contributed by atoms with Gasteiger partial charge in [-0.2, -0.15) is 4.31 Å². The first-order valence-electron chi connectivity index (χ1n) is 10.5. The number of sulfonamides is 1. The van der Waals surface area contributed by atoms with E-state index >= 15 is 0 Å². The normalized spacial score (nSPS) is 20.3. The second-order valence-electron chi connectivity index (χ2n) is 8.42. The molecule has 0 spiro atoms. The molecule has 0 unspecified atom stereocenters. The molecule has 0 saturated carbocycles. The van der Waals surface area contributed by atoms with Crippen LogP contribution in [-0.4, -0.2) is 81.6 Å². The van der Waals surface area contributed by atoms with E-state index in [0.717, 1.165) is 5.69 Å². The van der Waals surface area contributed by atoms with E-state index in [9.17, 15) is 18.3 Å². The topological polar surface area (TPSA) is 90.4 Å². The van der Waals surface area contributed by atoms with Gasteiger partial charge >= 0.3 is 0 Å². The van der Waals surface area contributed by atoms with Gasteiger partial charge in [0.15, 0.2) is 0 Å². The van der Waals surface area contributed by atoms with Gasteiger partial charge < -0.3 is 19.6 Å². The number of hydrogen-bond acceptors (Lipinski definition) is 7. The zero-order valence-electron chi connectivity index (χ0n) is 19.1. The molecule has 0 saturated heterocycles. The van der Waals surface area contributed by atoms with Gasteiger partial charge in [0.05, 0.1) is 24.8 Å². The number of rotatable bonds is 7. The zero-order chi connectivity index (χ0) is 23.6. The largest absolute Gasteiger partial charge is 0.488 e. The van der Waals surface area contributed by atoms with Crippen LogP contribution in [0.25, 0.3) is 0 Å². The van der Waals surface area contributed by atoms with Crippen molar-refractivity contribution in [2.45, 2.75) is 30.2 Å². The molecule has 2 heterocycles. The third kappa shape index (κ3) is 4.93. The van der Waals surface area contributed by atoms with Crippen LogP contribution in [0, 0.1) is 5.92 Å². The number of likely N-dealkylation sites (N-methyl/N-ethyl adjacent to an activating group) is 1. The second kappa shape index (κ2) is 9.78. The Hall–Kier alpha value is -2.14. The Bertz CT molecular complexity index is 1040. The van der Waals surface area contributed by atoms with Gasteiger partial charge in [0.25, 0.3) is 15.9 Å². The van der Waals surface area contributed by atoms with Crippen molar-refractivity contribution < 1.29 is 23.1 Å². The number of aliphatic hydroxyl groups excluding tert-OH is 1. The molecular weight excluding hydrogens is 450 g/mol. The van der Waals surface area contributed by atoms with Crippen molar-refractivity contribution in [1.29, 1.82) is 0 Å². The molecule has 0 radical (unpaired) electrons. The lowest BCUT2D eigenvalue weighted by Gasteiger charge is -2.38. The summed E-state index contributed by atoms with van der Waals surface area (Å²) in [5.74, 6) is 0.0277. The highest BCUT2D eigenvalue weighted by molar-refractivity contribution is 7.91. The number of thiophene rings is 1. The number of fused-ring (bicyclic) bond motifs is 1. The molecule has 1 aromatic heterocycles. The van der Waals surface area contributed by atoms with Gasteiger partial charge in [-0.05, 0) is 36.6 Å². The smallest absolute Gasteiger partial charge is 0.258 e. The fourth-order valence-corrected chi connectivity index (χ4v) is 6.01. The summed E-state index contributed by atoms with van der Waals surface area (Å²) in [7, 11) is 1.68. The predicted octanol–water partition coefficient (Wildman–Crippen LogP) is 2.35. The van der Waals surface area contributed by atoms with Crippen LogP contribution >= 0.6 is 11.3 Å². The van der Waals surface area contributed by atoms with E-state index in [0.29, 0.717) is 17.9 Å². The number of hydrogen-bond donors (Lipinski definition) is 1. The van der Waals surface area contributed by atoms with Gasteiger partial charge in [-0.3, -0.25) is 4.79 Å². The minimum absolute atomic E-state index is 0.131. The van der Waals surface area contributed by atoms with Crippen molar-refractivity contribution in [1.82, 2.24) is 9.21 Å². The second-order valence-corrected chi connectivity index (χ2v) is 11.6. The molecule has 2 aromatic rings. The first-order valence-corrected chi connectivity index (χ1v) is 12.8. The fourth-order valence-electron chi connectivity index (χ4n) is 3.62. The van der Waals surface area contributed by atoms with E-state index in [1.54, 1.807) is 48.5 Å². The maximum absolute atomic E-state index is 13.4. The minimum atomic E-state index is -3.64. The van der Waals surface area contributed by atoms with Gasteiger partial charge in [0.2, 0.25) is 0 Å². The molecule has 10 heteroatoms. The molecule has 3 atom stereocenters. The maximum atomic E-state index is 13.4. The Kier molecular flexibility index (Phi) is 7.49. The number of ether oxygens (including phenoxy) is 1. The SMILES string of the molecule is C[C@@H]1CN([C@H](C)CO)C(=O)c2cc(N(C)C)ccc2O[C@H]1CN(C)S(=O)(=O)c1cccs1. The third-order valence-electron chi connectivity index (χ3n) is 5.76. The molecule has 1 N–H and O–H groups in total. The highest BCUT2D eigenvalue weighted by Crippen LogP contribution is 2.32. The highest BCUT2D eigenvalue weighted by atomic mass is 32.2. The van der Waals surface area contributed by atoms with Crippen LogP contribution in [0.2, 0.25) is 0 Å². The molecule has 176 valence electrons. The minimum Gasteiger partial charge on any atom is -0.488 e. The zero-order valence-corrected chi connectivity index (χ0v) is 20.7. The van der Waals surface area contributed by atoms with Crippen molar-refractivity contribution in [3.8, 4) is 5.75 Å². The third-order valence-corrected chi connectivity index (χ3v) is 8.96. The molecule has 8 nitrogen and oxygen atoms in total. The fraction of sp³-hybridized carbons (Fsp3) is 0.500. The standard InChI is InChI=1S/C22H31N3O5S2/c1-15-12-25(16(2)14-26)22(27)18-11-17(23(3)4)8-9-19(18)30-20(15)13-24(5)32(28,29)21-7-6-10-31-21/h6-11,15-16,20,26H,12-14H2,1-5H3/t15-,16-,20+/m1/s1. The summed E-state index contributed by atoms with van der Waals surface area (Å²) in [6.07, 6.45) is -0.486. The van der Waals surface area contributed by atoms with Crippen LogP contribution in [0.4, 0.5) is 5.69 Å². The maximum Gasteiger partial charge on any atom is 0.258 e. The van der Waals surface area contributed by atoms with E-state index in [1.165, 1.54) is 15.6 Å². The lowest BCUT2D eigenvalue weighted by molar-refractivity contribution is 0.0387. The van der Waals surface area contributed by atoms with E-state index in [1.807, 2.05) is 32.0 Å². The molecule has 1 aliphatic heterocycles. The molecule has 1 aromatic carbocycles. The highest BCUT2D eigenvalue weighted by Gasteiger charge is 2.35. The van der Waals surface area contributed by atoms with Crippen LogP contribution in [0.5, 0.6) is 5.75 Å².